The maximum atomic E-state index is 12.2. The maximum absolute atomic E-state index is 12.2. The second-order valence-electron chi connectivity index (χ2n) is 5.41. The summed E-state index contributed by atoms with van der Waals surface area (Å²) in [5.41, 5.74) is 1.01. The van der Waals surface area contributed by atoms with E-state index >= 15 is 0 Å². The van der Waals surface area contributed by atoms with E-state index in [0.29, 0.717) is 12.2 Å². The van der Waals surface area contributed by atoms with Crippen LogP contribution in [-0.4, -0.2) is 15.0 Å². The zero-order valence-electron chi connectivity index (χ0n) is 13.8. The minimum Gasteiger partial charge on any atom is -0.324 e. The number of carbonyl (C=O) groups is 1. The molecule has 1 amide bonds. The minimum atomic E-state index is -0.761. The Hall–Kier alpha value is -3.14. The summed E-state index contributed by atoms with van der Waals surface area (Å²) in [4.78, 5) is 36.6. The fourth-order valence-corrected chi connectivity index (χ4v) is 2.32. The minimum absolute atomic E-state index is 0.170. The highest BCUT2D eigenvalue weighted by molar-refractivity contribution is 5.91. The number of rotatable bonds is 4. The van der Waals surface area contributed by atoms with Gasteiger partial charge >= 0.3 is 5.69 Å². The quantitative estimate of drug-likeness (QED) is 0.911. The second-order valence-corrected chi connectivity index (χ2v) is 5.41. The van der Waals surface area contributed by atoms with Crippen molar-refractivity contribution in [1.29, 1.82) is 5.26 Å². The topological polar surface area (TPSA) is 96.9 Å². The van der Waals surface area contributed by atoms with Gasteiger partial charge in [0, 0.05) is 18.4 Å². The molecule has 24 heavy (non-hydrogen) atoms. The average Bonchev–Trinajstić information content (AvgIpc) is 2.56. The van der Waals surface area contributed by atoms with Gasteiger partial charge in [0.2, 0.25) is 5.91 Å². The molecule has 1 aromatic heterocycles. The lowest BCUT2D eigenvalue weighted by atomic mass is 10.1. The zero-order valence-corrected chi connectivity index (χ0v) is 13.8. The summed E-state index contributed by atoms with van der Waals surface area (Å²) in [5.74, 6) is -0.499. The second kappa shape index (κ2) is 6.96. The van der Waals surface area contributed by atoms with Gasteiger partial charge in [-0.3, -0.25) is 14.2 Å². The SMILES string of the molecule is CCn1cc(C#N)c(=O)n(CC(=O)Nc2cccc(C)c2C)c1=O. The van der Waals surface area contributed by atoms with Gasteiger partial charge in [0.05, 0.1) is 0 Å². The Morgan fingerprint density at radius 3 is 2.62 bits per heavy atom. The van der Waals surface area contributed by atoms with E-state index in [0.717, 1.165) is 15.7 Å². The molecule has 1 aromatic carbocycles. The van der Waals surface area contributed by atoms with Crippen molar-refractivity contribution in [2.24, 2.45) is 0 Å². The first-order valence-corrected chi connectivity index (χ1v) is 7.49. The first-order chi connectivity index (χ1) is 11.4. The number of aromatic nitrogens is 2. The first-order valence-electron chi connectivity index (χ1n) is 7.49. The monoisotopic (exact) mass is 326 g/mol. The van der Waals surface area contributed by atoms with Crippen molar-refractivity contribution in [1.82, 2.24) is 9.13 Å². The largest absolute Gasteiger partial charge is 0.331 e. The van der Waals surface area contributed by atoms with Crippen LogP contribution in [0, 0.1) is 25.2 Å². The lowest BCUT2D eigenvalue weighted by molar-refractivity contribution is -0.116. The number of benzene rings is 1. The van der Waals surface area contributed by atoms with Crippen LogP contribution in [0.5, 0.6) is 0 Å². The van der Waals surface area contributed by atoms with Gasteiger partial charge in [0.25, 0.3) is 5.56 Å². The van der Waals surface area contributed by atoms with E-state index in [4.69, 9.17) is 5.26 Å². The van der Waals surface area contributed by atoms with Crippen LogP contribution in [-0.2, 0) is 17.9 Å². The number of amides is 1. The standard InChI is InChI=1S/C17H18N4O3/c1-4-20-9-13(8-18)16(23)21(17(20)24)10-15(22)19-14-7-5-6-11(2)12(14)3/h5-7,9H,4,10H2,1-3H3,(H,19,22). The molecule has 0 aliphatic rings. The van der Waals surface area contributed by atoms with Crippen molar-refractivity contribution in [2.75, 3.05) is 5.32 Å². The van der Waals surface area contributed by atoms with Gasteiger partial charge in [-0.1, -0.05) is 12.1 Å². The van der Waals surface area contributed by atoms with Crippen LogP contribution >= 0.6 is 0 Å². The molecule has 0 aliphatic carbocycles. The number of hydrogen-bond acceptors (Lipinski definition) is 4. The first kappa shape index (κ1) is 17.2. The summed E-state index contributed by atoms with van der Waals surface area (Å²) in [6.07, 6.45) is 1.21. The fourth-order valence-electron chi connectivity index (χ4n) is 2.32. The highest BCUT2D eigenvalue weighted by Gasteiger charge is 2.14. The number of hydrogen-bond donors (Lipinski definition) is 1. The van der Waals surface area contributed by atoms with Gasteiger partial charge in [-0.2, -0.15) is 5.26 Å². The molecule has 0 radical (unpaired) electrons. The smallest absolute Gasteiger partial charge is 0.324 e. The number of carbonyl (C=O) groups excluding carboxylic acids is 1. The molecule has 124 valence electrons. The molecule has 7 heteroatoms. The Kier molecular flexibility index (Phi) is 4.99. The van der Waals surface area contributed by atoms with Gasteiger partial charge in [0.15, 0.2) is 0 Å². The van der Waals surface area contributed by atoms with Crippen molar-refractivity contribution >= 4 is 11.6 Å². The third-order valence-electron chi connectivity index (χ3n) is 3.88. The van der Waals surface area contributed by atoms with Crippen molar-refractivity contribution in [3.63, 3.8) is 0 Å². The normalized spacial score (nSPS) is 10.2. The Morgan fingerprint density at radius 1 is 1.29 bits per heavy atom. The van der Waals surface area contributed by atoms with Crippen LogP contribution in [0.2, 0.25) is 0 Å². The molecule has 7 nitrogen and oxygen atoms in total. The van der Waals surface area contributed by atoms with Crippen LogP contribution in [0.25, 0.3) is 0 Å². The van der Waals surface area contributed by atoms with Gasteiger partial charge < -0.3 is 5.32 Å². The highest BCUT2D eigenvalue weighted by Crippen LogP contribution is 2.17. The Bertz CT molecular complexity index is 948. The maximum Gasteiger partial charge on any atom is 0.331 e. The molecular formula is C17H18N4O3. The predicted molar refractivity (Wildman–Crippen MR) is 89.9 cm³/mol. The Labute approximate surface area is 138 Å². The van der Waals surface area contributed by atoms with Crippen molar-refractivity contribution in [3.8, 4) is 6.07 Å². The van der Waals surface area contributed by atoms with E-state index in [1.165, 1.54) is 10.8 Å². The molecule has 2 aromatic rings. The third kappa shape index (κ3) is 3.27. The summed E-state index contributed by atoms with van der Waals surface area (Å²) in [7, 11) is 0. The molecule has 0 saturated heterocycles. The Balaban J connectivity index is 2.36. The molecule has 0 aliphatic heterocycles. The fraction of sp³-hybridized carbons (Fsp3) is 0.294. The third-order valence-corrected chi connectivity index (χ3v) is 3.88. The van der Waals surface area contributed by atoms with E-state index in [-0.39, 0.29) is 5.56 Å². The van der Waals surface area contributed by atoms with Crippen molar-refractivity contribution in [2.45, 2.75) is 33.9 Å². The Morgan fingerprint density at radius 2 is 2.00 bits per heavy atom. The van der Waals surface area contributed by atoms with E-state index in [1.54, 1.807) is 19.1 Å². The van der Waals surface area contributed by atoms with Crippen molar-refractivity contribution in [3.05, 3.63) is 61.9 Å². The van der Waals surface area contributed by atoms with E-state index in [9.17, 15) is 14.4 Å². The summed E-state index contributed by atoms with van der Waals surface area (Å²) in [6, 6.07) is 7.23. The molecule has 0 atom stereocenters. The molecule has 0 bridgehead atoms. The van der Waals surface area contributed by atoms with Crippen LogP contribution < -0.4 is 16.6 Å². The van der Waals surface area contributed by atoms with Crippen LogP contribution in [0.1, 0.15) is 23.6 Å². The number of nitrogens with zero attached hydrogens (tertiary/aromatic N) is 3. The van der Waals surface area contributed by atoms with Gasteiger partial charge in [-0.15, -0.1) is 0 Å². The summed E-state index contributed by atoms with van der Waals surface area (Å²) >= 11 is 0. The lowest BCUT2D eigenvalue weighted by Gasteiger charge is -2.12. The molecule has 0 unspecified atom stereocenters. The van der Waals surface area contributed by atoms with Gasteiger partial charge in [0.1, 0.15) is 18.2 Å². The molecular weight excluding hydrogens is 308 g/mol. The summed E-state index contributed by atoms with van der Waals surface area (Å²) in [6.45, 7) is 5.36. The van der Waals surface area contributed by atoms with Gasteiger partial charge in [-0.05, 0) is 38.0 Å². The van der Waals surface area contributed by atoms with Crippen LogP contribution in [0.3, 0.4) is 0 Å². The number of anilines is 1. The lowest BCUT2D eigenvalue weighted by Crippen LogP contribution is -2.43. The van der Waals surface area contributed by atoms with E-state index in [2.05, 4.69) is 5.32 Å². The van der Waals surface area contributed by atoms with Gasteiger partial charge in [-0.25, -0.2) is 9.36 Å². The molecule has 0 fully saturated rings. The number of aryl methyl sites for hydroxylation is 2. The average molecular weight is 326 g/mol. The number of nitriles is 1. The molecule has 1 N–H and O–H groups in total. The molecule has 0 spiro atoms. The molecule has 0 saturated carbocycles. The van der Waals surface area contributed by atoms with E-state index in [1.807, 2.05) is 26.0 Å². The zero-order chi connectivity index (χ0) is 17.9. The van der Waals surface area contributed by atoms with Crippen LogP contribution in [0.4, 0.5) is 5.69 Å². The molecule has 1 heterocycles. The predicted octanol–water partition coefficient (Wildman–Crippen LogP) is 1.16. The van der Waals surface area contributed by atoms with E-state index < -0.39 is 23.7 Å². The number of nitrogens with one attached hydrogen (secondary N) is 1. The van der Waals surface area contributed by atoms with Crippen LogP contribution in [0.15, 0.2) is 34.0 Å². The summed E-state index contributed by atoms with van der Waals surface area (Å²) in [5, 5.41) is 11.7. The summed E-state index contributed by atoms with van der Waals surface area (Å²) < 4.78 is 2.01. The van der Waals surface area contributed by atoms with Crippen molar-refractivity contribution < 1.29 is 4.79 Å². The highest BCUT2D eigenvalue weighted by atomic mass is 16.2. The molecule has 2 rings (SSSR count).